The van der Waals surface area contributed by atoms with E-state index in [1.807, 2.05) is 23.9 Å². The molecule has 2 N–H and O–H groups in total. The van der Waals surface area contributed by atoms with Crippen LogP contribution >= 0.6 is 11.8 Å². The summed E-state index contributed by atoms with van der Waals surface area (Å²) in [5.41, 5.74) is 7.24. The lowest BCUT2D eigenvalue weighted by atomic mass is 10.1. The monoisotopic (exact) mass is 279 g/mol. The van der Waals surface area contributed by atoms with Crippen molar-refractivity contribution in [3.05, 3.63) is 48.0 Å². The van der Waals surface area contributed by atoms with Gasteiger partial charge in [0.05, 0.1) is 0 Å². The number of rotatable bonds is 6. The molecular formula is C14H18FN3S. The molecule has 1 heterocycles. The van der Waals surface area contributed by atoms with Gasteiger partial charge in [0, 0.05) is 35.6 Å². The predicted molar refractivity (Wildman–Crippen MR) is 76.6 cm³/mol. The summed E-state index contributed by atoms with van der Waals surface area (Å²) in [7, 11) is 1.93. The van der Waals surface area contributed by atoms with Gasteiger partial charge in [-0.1, -0.05) is 12.1 Å². The lowest BCUT2D eigenvalue weighted by Crippen LogP contribution is -2.24. The zero-order chi connectivity index (χ0) is 13.7. The summed E-state index contributed by atoms with van der Waals surface area (Å²) >= 11 is 1.47. The number of hydrogen-bond donors (Lipinski definition) is 1. The van der Waals surface area contributed by atoms with Crippen LogP contribution in [0.15, 0.2) is 41.4 Å². The molecule has 0 radical (unpaired) electrons. The summed E-state index contributed by atoms with van der Waals surface area (Å²) in [6.45, 7) is 0. The lowest BCUT2D eigenvalue weighted by Gasteiger charge is -2.11. The van der Waals surface area contributed by atoms with E-state index in [1.165, 1.54) is 23.5 Å². The highest BCUT2D eigenvalue weighted by Crippen LogP contribution is 2.22. The summed E-state index contributed by atoms with van der Waals surface area (Å²) in [5.74, 6) is 0.546. The molecule has 1 atom stereocenters. The third kappa shape index (κ3) is 4.08. The predicted octanol–water partition coefficient (Wildman–Crippen LogP) is 2.61. The second-order valence-electron chi connectivity index (χ2n) is 4.49. The zero-order valence-electron chi connectivity index (χ0n) is 10.9. The minimum atomic E-state index is -0.175. The standard InChI is InChI=1S/C14H18FN3S/c1-18-12(8-9-17-18)7-6-11(16)10-19-14-5-3-2-4-13(14)15/h2-5,8-9,11H,6-7,10,16H2,1H3. The Balaban J connectivity index is 1.77. The van der Waals surface area contributed by atoms with Gasteiger partial charge in [-0.3, -0.25) is 4.68 Å². The minimum Gasteiger partial charge on any atom is -0.327 e. The molecular weight excluding hydrogens is 261 g/mol. The van der Waals surface area contributed by atoms with Gasteiger partial charge in [0.15, 0.2) is 0 Å². The fraction of sp³-hybridized carbons (Fsp3) is 0.357. The van der Waals surface area contributed by atoms with Gasteiger partial charge in [0.25, 0.3) is 0 Å². The van der Waals surface area contributed by atoms with Crippen molar-refractivity contribution in [3.63, 3.8) is 0 Å². The normalized spacial score (nSPS) is 12.6. The average molecular weight is 279 g/mol. The molecule has 19 heavy (non-hydrogen) atoms. The smallest absolute Gasteiger partial charge is 0.136 e. The molecule has 0 aliphatic carbocycles. The highest BCUT2D eigenvalue weighted by Gasteiger charge is 2.08. The average Bonchev–Trinajstić information content (AvgIpc) is 2.81. The summed E-state index contributed by atoms with van der Waals surface area (Å²) in [6, 6.07) is 8.85. The lowest BCUT2D eigenvalue weighted by molar-refractivity contribution is 0.600. The summed E-state index contributed by atoms with van der Waals surface area (Å²) in [4.78, 5) is 0.665. The highest BCUT2D eigenvalue weighted by molar-refractivity contribution is 7.99. The third-order valence-electron chi connectivity index (χ3n) is 2.98. The van der Waals surface area contributed by atoms with Gasteiger partial charge >= 0.3 is 0 Å². The fourth-order valence-electron chi connectivity index (χ4n) is 1.82. The number of aromatic nitrogens is 2. The number of nitrogens with two attached hydrogens (primary N) is 1. The number of nitrogens with zero attached hydrogens (tertiary/aromatic N) is 2. The molecule has 5 heteroatoms. The minimum absolute atomic E-state index is 0.0551. The Hall–Kier alpha value is -1.33. The molecule has 0 aliphatic rings. The molecule has 0 saturated carbocycles. The second-order valence-corrected chi connectivity index (χ2v) is 5.55. The van der Waals surface area contributed by atoms with E-state index in [9.17, 15) is 4.39 Å². The third-order valence-corrected chi connectivity index (χ3v) is 4.22. The molecule has 3 nitrogen and oxygen atoms in total. The Bertz CT molecular complexity index is 527. The van der Waals surface area contributed by atoms with Gasteiger partial charge < -0.3 is 5.73 Å². The van der Waals surface area contributed by atoms with Crippen LogP contribution in [0.25, 0.3) is 0 Å². The van der Waals surface area contributed by atoms with Crippen molar-refractivity contribution >= 4 is 11.8 Å². The van der Waals surface area contributed by atoms with Crippen molar-refractivity contribution in [3.8, 4) is 0 Å². The van der Waals surface area contributed by atoms with Gasteiger partial charge in [0.2, 0.25) is 0 Å². The van der Waals surface area contributed by atoms with Crippen LogP contribution in [0.3, 0.4) is 0 Å². The summed E-state index contributed by atoms with van der Waals surface area (Å²) < 4.78 is 15.3. The van der Waals surface area contributed by atoms with Crippen LogP contribution in [0.2, 0.25) is 0 Å². The van der Waals surface area contributed by atoms with Gasteiger partial charge in [0.1, 0.15) is 5.82 Å². The molecule has 0 saturated heterocycles. The summed E-state index contributed by atoms with van der Waals surface area (Å²) in [6.07, 6.45) is 3.56. The topological polar surface area (TPSA) is 43.8 Å². The Morgan fingerprint density at radius 1 is 1.37 bits per heavy atom. The van der Waals surface area contributed by atoms with Crippen molar-refractivity contribution in [1.82, 2.24) is 9.78 Å². The first kappa shape index (κ1) is 14.1. The SMILES string of the molecule is Cn1nccc1CCC(N)CSc1ccccc1F. The Kier molecular flexibility index (Phi) is 4.99. The number of thioether (sulfide) groups is 1. The van der Waals surface area contributed by atoms with E-state index < -0.39 is 0 Å². The van der Waals surface area contributed by atoms with E-state index in [2.05, 4.69) is 5.10 Å². The van der Waals surface area contributed by atoms with Crippen LogP contribution in [0.5, 0.6) is 0 Å². The number of halogens is 1. The Morgan fingerprint density at radius 2 is 2.16 bits per heavy atom. The number of hydrogen-bond acceptors (Lipinski definition) is 3. The molecule has 1 aromatic carbocycles. The molecule has 2 aromatic rings. The molecule has 0 aliphatic heterocycles. The van der Waals surface area contributed by atoms with Crippen LogP contribution < -0.4 is 5.73 Å². The van der Waals surface area contributed by atoms with Crippen LogP contribution in [-0.4, -0.2) is 21.6 Å². The first-order chi connectivity index (χ1) is 9.16. The molecule has 102 valence electrons. The first-order valence-electron chi connectivity index (χ1n) is 6.26. The quantitative estimate of drug-likeness (QED) is 0.827. The molecule has 1 aromatic heterocycles. The number of benzene rings is 1. The largest absolute Gasteiger partial charge is 0.327 e. The van der Waals surface area contributed by atoms with Crippen molar-refractivity contribution < 1.29 is 4.39 Å². The van der Waals surface area contributed by atoms with E-state index in [1.54, 1.807) is 18.3 Å². The first-order valence-corrected chi connectivity index (χ1v) is 7.25. The maximum absolute atomic E-state index is 13.4. The zero-order valence-corrected chi connectivity index (χ0v) is 11.7. The van der Waals surface area contributed by atoms with Gasteiger partial charge in [-0.25, -0.2) is 4.39 Å². The van der Waals surface area contributed by atoms with Crippen molar-refractivity contribution in [2.24, 2.45) is 12.8 Å². The highest BCUT2D eigenvalue weighted by atomic mass is 32.2. The van der Waals surface area contributed by atoms with E-state index >= 15 is 0 Å². The van der Waals surface area contributed by atoms with E-state index in [0.29, 0.717) is 4.90 Å². The molecule has 0 spiro atoms. The fourth-order valence-corrected chi connectivity index (χ4v) is 2.76. The summed E-state index contributed by atoms with van der Waals surface area (Å²) in [5, 5.41) is 4.12. The van der Waals surface area contributed by atoms with E-state index in [-0.39, 0.29) is 11.9 Å². The number of aryl methyl sites for hydroxylation is 2. The van der Waals surface area contributed by atoms with Crippen LogP contribution in [0, 0.1) is 5.82 Å². The molecule has 0 fully saturated rings. The maximum Gasteiger partial charge on any atom is 0.136 e. The van der Waals surface area contributed by atoms with Gasteiger partial charge in [-0.15, -0.1) is 11.8 Å². The van der Waals surface area contributed by atoms with Gasteiger partial charge in [-0.2, -0.15) is 5.10 Å². The van der Waals surface area contributed by atoms with Crippen LogP contribution in [-0.2, 0) is 13.5 Å². The van der Waals surface area contributed by atoms with Crippen molar-refractivity contribution in [1.29, 1.82) is 0 Å². The Labute approximate surface area is 117 Å². The van der Waals surface area contributed by atoms with E-state index in [0.717, 1.165) is 18.6 Å². The van der Waals surface area contributed by atoms with Crippen molar-refractivity contribution in [2.45, 2.75) is 23.8 Å². The maximum atomic E-state index is 13.4. The molecule has 2 rings (SSSR count). The molecule has 0 amide bonds. The second kappa shape index (κ2) is 6.73. The van der Waals surface area contributed by atoms with Crippen molar-refractivity contribution in [2.75, 3.05) is 5.75 Å². The molecule has 1 unspecified atom stereocenters. The molecule has 0 bridgehead atoms. The van der Waals surface area contributed by atoms with Crippen LogP contribution in [0.1, 0.15) is 12.1 Å². The van der Waals surface area contributed by atoms with Gasteiger partial charge in [-0.05, 0) is 31.0 Å². The Morgan fingerprint density at radius 3 is 2.84 bits per heavy atom. The van der Waals surface area contributed by atoms with E-state index in [4.69, 9.17) is 5.73 Å². The van der Waals surface area contributed by atoms with Crippen LogP contribution in [0.4, 0.5) is 4.39 Å².